The molecule has 1 aliphatic carbocycles. The molecule has 2 amide bonds. The van der Waals surface area contributed by atoms with Crippen molar-refractivity contribution in [2.24, 2.45) is 0 Å². The third-order valence-corrected chi connectivity index (χ3v) is 9.89. The van der Waals surface area contributed by atoms with Gasteiger partial charge >= 0.3 is 0 Å². The molecule has 2 heterocycles. The van der Waals surface area contributed by atoms with Gasteiger partial charge in [-0.05, 0) is 59.9 Å². The van der Waals surface area contributed by atoms with Gasteiger partial charge in [-0.1, -0.05) is 82.1 Å². The molecule has 4 aromatic rings. The van der Waals surface area contributed by atoms with Gasteiger partial charge < -0.3 is 20.8 Å². The fourth-order valence-electron chi connectivity index (χ4n) is 5.56. The zero-order valence-corrected chi connectivity index (χ0v) is 27.1. The highest BCUT2D eigenvalue weighted by atomic mass is 32.1. The quantitative estimate of drug-likeness (QED) is 0.161. The molecule has 2 atom stereocenters. The summed E-state index contributed by atoms with van der Waals surface area (Å²) < 4.78 is 0. The number of carbonyl (C=O) groups is 2. The highest BCUT2D eigenvalue weighted by Crippen LogP contribution is 2.35. The second-order valence-electron chi connectivity index (χ2n) is 13.0. The summed E-state index contributed by atoms with van der Waals surface area (Å²) in [6.45, 7) is 7.73. The Labute approximate surface area is 269 Å². The molecule has 0 aliphatic heterocycles. The standard InChI is InChI=1S/C36H42N4O4S/c1-22(35(43)44)39-33(41)29(40-34(42)30-17-18-31(45-30)36(2,3)4)19-23-9-11-27(12-10-23)32-37-20-28(21-38-32)26-15-13-25(14-16-26)24-7-5-6-8-24/h9-18,20-22,24,29,35,43-44H,5-8,19H2,1-4H3,(H,39,41)(H,40,42)/t22-,29+/m1/s1. The van der Waals surface area contributed by atoms with E-state index in [2.05, 4.69) is 65.6 Å². The smallest absolute Gasteiger partial charge is 0.262 e. The van der Waals surface area contributed by atoms with Crippen LogP contribution in [0.1, 0.15) is 85.0 Å². The number of nitrogens with zero attached hydrogens (tertiary/aromatic N) is 2. The summed E-state index contributed by atoms with van der Waals surface area (Å²) in [6, 6.07) is 18.2. The van der Waals surface area contributed by atoms with Crippen LogP contribution in [-0.2, 0) is 16.6 Å². The van der Waals surface area contributed by atoms with E-state index in [-0.39, 0.29) is 17.7 Å². The molecule has 5 rings (SSSR count). The number of aliphatic hydroxyl groups is 2. The Hall–Kier alpha value is -3.92. The van der Waals surface area contributed by atoms with E-state index in [0.29, 0.717) is 16.6 Å². The number of carbonyl (C=O) groups excluding carboxylic acids is 2. The summed E-state index contributed by atoms with van der Waals surface area (Å²) in [5, 5.41) is 24.4. The zero-order valence-electron chi connectivity index (χ0n) is 26.3. The van der Waals surface area contributed by atoms with Crippen LogP contribution in [0.25, 0.3) is 22.5 Å². The Morgan fingerprint density at radius 2 is 1.49 bits per heavy atom. The first-order valence-electron chi connectivity index (χ1n) is 15.6. The molecule has 0 spiro atoms. The van der Waals surface area contributed by atoms with Crippen molar-refractivity contribution in [3.63, 3.8) is 0 Å². The van der Waals surface area contributed by atoms with E-state index in [4.69, 9.17) is 0 Å². The summed E-state index contributed by atoms with van der Waals surface area (Å²) in [5.74, 6) is 0.414. The van der Waals surface area contributed by atoms with E-state index in [1.54, 1.807) is 6.07 Å². The van der Waals surface area contributed by atoms with Crippen LogP contribution in [0.4, 0.5) is 0 Å². The highest BCUT2D eigenvalue weighted by Gasteiger charge is 2.26. The van der Waals surface area contributed by atoms with Gasteiger partial charge in [0, 0.05) is 34.8 Å². The lowest BCUT2D eigenvalue weighted by Crippen LogP contribution is -2.52. The number of hydrogen-bond acceptors (Lipinski definition) is 7. The van der Waals surface area contributed by atoms with Crippen LogP contribution in [0.3, 0.4) is 0 Å². The largest absolute Gasteiger partial charge is 0.366 e. The molecule has 1 fully saturated rings. The Morgan fingerprint density at radius 3 is 2.07 bits per heavy atom. The molecule has 45 heavy (non-hydrogen) atoms. The second kappa shape index (κ2) is 14.0. The van der Waals surface area contributed by atoms with E-state index in [1.165, 1.54) is 49.5 Å². The van der Waals surface area contributed by atoms with Gasteiger partial charge in [-0.15, -0.1) is 11.3 Å². The summed E-state index contributed by atoms with van der Waals surface area (Å²) >= 11 is 1.39. The number of benzene rings is 2. The third-order valence-electron chi connectivity index (χ3n) is 8.38. The second-order valence-corrected chi connectivity index (χ2v) is 14.0. The first-order chi connectivity index (χ1) is 21.5. The van der Waals surface area contributed by atoms with Crippen LogP contribution >= 0.6 is 11.3 Å². The lowest BCUT2D eigenvalue weighted by molar-refractivity contribution is -0.128. The Bertz CT molecular complexity index is 1590. The van der Waals surface area contributed by atoms with Gasteiger partial charge in [0.1, 0.15) is 6.04 Å². The predicted octanol–water partition coefficient (Wildman–Crippen LogP) is 5.98. The number of aromatic nitrogens is 2. The average molecular weight is 627 g/mol. The van der Waals surface area contributed by atoms with Crippen molar-refractivity contribution < 1.29 is 19.8 Å². The summed E-state index contributed by atoms with van der Waals surface area (Å²) in [4.78, 5) is 37.1. The van der Waals surface area contributed by atoms with Crippen LogP contribution in [0.15, 0.2) is 73.1 Å². The predicted molar refractivity (Wildman–Crippen MR) is 178 cm³/mol. The number of thiophene rings is 1. The van der Waals surface area contributed by atoms with Gasteiger partial charge in [-0.25, -0.2) is 9.97 Å². The topological polar surface area (TPSA) is 124 Å². The van der Waals surface area contributed by atoms with Gasteiger partial charge in [0.2, 0.25) is 5.91 Å². The van der Waals surface area contributed by atoms with Gasteiger partial charge in [0.15, 0.2) is 12.1 Å². The molecule has 0 unspecified atom stereocenters. The van der Waals surface area contributed by atoms with Crippen LogP contribution < -0.4 is 10.6 Å². The first kappa shape index (κ1) is 32.5. The lowest BCUT2D eigenvalue weighted by Gasteiger charge is -2.22. The average Bonchev–Trinajstić information content (AvgIpc) is 3.75. The van der Waals surface area contributed by atoms with E-state index in [1.807, 2.05) is 42.7 Å². The van der Waals surface area contributed by atoms with E-state index >= 15 is 0 Å². The molecule has 0 bridgehead atoms. The van der Waals surface area contributed by atoms with Gasteiger partial charge in [-0.2, -0.15) is 0 Å². The number of aliphatic hydroxyl groups excluding tert-OH is 1. The molecule has 4 N–H and O–H groups in total. The summed E-state index contributed by atoms with van der Waals surface area (Å²) in [6.07, 6.45) is 7.35. The number of amides is 2. The number of nitrogens with one attached hydrogen (secondary N) is 2. The molecule has 1 saturated carbocycles. The first-order valence-corrected chi connectivity index (χ1v) is 16.4. The maximum absolute atomic E-state index is 13.2. The van der Waals surface area contributed by atoms with Crippen molar-refractivity contribution in [3.8, 4) is 22.5 Å². The number of rotatable bonds is 10. The van der Waals surface area contributed by atoms with Gasteiger partial charge in [0.05, 0.1) is 10.9 Å². The SMILES string of the molecule is C[C@@H](NC(=O)[C@H](Cc1ccc(-c2ncc(-c3ccc(C4CCCC4)cc3)cn2)cc1)NC(=O)c1ccc(C(C)(C)C)s1)C(O)O. The van der Waals surface area contributed by atoms with Crippen LogP contribution in [-0.4, -0.2) is 50.4 Å². The van der Waals surface area contributed by atoms with Crippen molar-refractivity contribution in [2.45, 2.75) is 89.5 Å². The Kier molecular flexibility index (Phi) is 10.1. The molecule has 236 valence electrons. The fraction of sp³-hybridized carbons (Fsp3) is 0.389. The lowest BCUT2D eigenvalue weighted by atomic mass is 9.95. The minimum atomic E-state index is -1.72. The highest BCUT2D eigenvalue weighted by molar-refractivity contribution is 7.14. The molecule has 0 saturated heterocycles. The van der Waals surface area contributed by atoms with Crippen molar-refractivity contribution in [3.05, 3.63) is 93.9 Å². The van der Waals surface area contributed by atoms with Crippen LogP contribution in [0, 0.1) is 0 Å². The summed E-state index contributed by atoms with van der Waals surface area (Å²) in [7, 11) is 0. The normalized spacial score (nSPS) is 15.2. The fourth-order valence-corrected chi connectivity index (χ4v) is 6.53. The third kappa shape index (κ3) is 8.22. The van der Waals surface area contributed by atoms with Crippen molar-refractivity contribution in [1.29, 1.82) is 0 Å². The molecule has 2 aromatic carbocycles. The van der Waals surface area contributed by atoms with Crippen molar-refractivity contribution in [2.75, 3.05) is 0 Å². The van der Waals surface area contributed by atoms with Crippen molar-refractivity contribution >= 4 is 23.2 Å². The van der Waals surface area contributed by atoms with E-state index in [9.17, 15) is 19.8 Å². The molecule has 2 aromatic heterocycles. The van der Waals surface area contributed by atoms with Crippen LogP contribution in [0.2, 0.25) is 0 Å². The van der Waals surface area contributed by atoms with Gasteiger partial charge in [-0.3, -0.25) is 9.59 Å². The Balaban J connectivity index is 1.27. The van der Waals surface area contributed by atoms with Crippen molar-refractivity contribution in [1.82, 2.24) is 20.6 Å². The molecule has 8 nitrogen and oxygen atoms in total. The van der Waals surface area contributed by atoms with E-state index in [0.717, 1.165) is 27.1 Å². The molecular formula is C36H42N4O4S. The molecular weight excluding hydrogens is 584 g/mol. The molecule has 0 radical (unpaired) electrons. The number of hydrogen-bond donors (Lipinski definition) is 4. The Morgan fingerprint density at radius 1 is 0.867 bits per heavy atom. The van der Waals surface area contributed by atoms with Crippen LogP contribution in [0.5, 0.6) is 0 Å². The minimum absolute atomic E-state index is 0.0986. The maximum atomic E-state index is 13.2. The maximum Gasteiger partial charge on any atom is 0.262 e. The minimum Gasteiger partial charge on any atom is -0.366 e. The summed E-state index contributed by atoms with van der Waals surface area (Å²) in [5.41, 5.74) is 5.01. The zero-order chi connectivity index (χ0) is 32.1. The molecule has 9 heteroatoms. The molecule has 1 aliphatic rings. The van der Waals surface area contributed by atoms with E-state index < -0.39 is 24.3 Å². The monoisotopic (exact) mass is 626 g/mol. The van der Waals surface area contributed by atoms with Gasteiger partial charge in [0.25, 0.3) is 5.91 Å².